The van der Waals surface area contributed by atoms with Gasteiger partial charge in [-0.3, -0.25) is 4.68 Å². The molecule has 3 rings (SSSR count). The number of nitrogens with zero attached hydrogens (tertiary/aromatic N) is 3. The molecule has 0 aromatic carbocycles. The Morgan fingerprint density at radius 3 is 2.94 bits per heavy atom. The van der Waals surface area contributed by atoms with E-state index in [1.807, 2.05) is 25.6 Å². The van der Waals surface area contributed by atoms with Gasteiger partial charge in [0.15, 0.2) is 0 Å². The van der Waals surface area contributed by atoms with Crippen LogP contribution < -0.4 is 5.32 Å². The average molecular weight is 254 g/mol. The van der Waals surface area contributed by atoms with Gasteiger partial charge in [-0.25, -0.2) is 4.98 Å². The molecule has 2 aromatic heterocycles. The molecule has 0 amide bonds. The Morgan fingerprint density at radius 1 is 1.41 bits per heavy atom. The van der Waals surface area contributed by atoms with Crippen molar-refractivity contribution in [2.24, 2.45) is 7.05 Å². The van der Waals surface area contributed by atoms with Gasteiger partial charge in [0.05, 0.1) is 24.1 Å². The fourth-order valence-electron chi connectivity index (χ4n) is 2.14. The lowest BCUT2D eigenvalue weighted by atomic mass is 10.2. The van der Waals surface area contributed by atoms with Crippen LogP contribution in [0.4, 0.5) is 0 Å². The second-order valence-corrected chi connectivity index (χ2v) is 4.23. The van der Waals surface area contributed by atoms with E-state index >= 15 is 0 Å². The Labute approximate surface area is 106 Å². The lowest BCUT2D eigenvalue weighted by molar-refractivity contribution is 0.613. The molecular formula is C11H16ClN5. The molecule has 2 aromatic rings. The summed E-state index contributed by atoms with van der Waals surface area (Å²) in [6.45, 7) is 1.09. The fraction of sp³-hybridized carbons (Fsp3) is 0.455. The highest BCUT2D eigenvalue weighted by Crippen LogP contribution is 2.23. The standard InChI is InChI=1S/C11H15N5.ClH/c1-16-7-8(5-14-16)10-6-13-11(15-10)9-3-2-4-12-9;/h5-7,9,12H,2-4H2,1H3,(H,13,15);1H/t9-;/m0./s1. The van der Waals surface area contributed by atoms with Gasteiger partial charge in [0.25, 0.3) is 0 Å². The van der Waals surface area contributed by atoms with Crippen LogP contribution in [0.5, 0.6) is 0 Å². The minimum atomic E-state index is 0. The van der Waals surface area contributed by atoms with E-state index in [9.17, 15) is 0 Å². The molecule has 1 atom stereocenters. The highest BCUT2D eigenvalue weighted by molar-refractivity contribution is 5.85. The number of aromatic amines is 1. The second-order valence-electron chi connectivity index (χ2n) is 4.23. The van der Waals surface area contributed by atoms with Crippen LogP contribution in [-0.4, -0.2) is 26.3 Å². The fourth-order valence-corrected chi connectivity index (χ4v) is 2.14. The number of hydrogen-bond donors (Lipinski definition) is 2. The summed E-state index contributed by atoms with van der Waals surface area (Å²) in [6, 6.07) is 0.394. The summed E-state index contributed by atoms with van der Waals surface area (Å²) >= 11 is 0. The van der Waals surface area contributed by atoms with E-state index in [0.29, 0.717) is 6.04 Å². The molecule has 0 saturated carbocycles. The first kappa shape index (κ1) is 12.1. The molecule has 1 aliphatic rings. The third kappa shape index (κ3) is 2.35. The van der Waals surface area contributed by atoms with Crippen LogP contribution >= 0.6 is 12.4 Å². The van der Waals surface area contributed by atoms with Crippen molar-refractivity contribution >= 4 is 12.4 Å². The first-order valence-electron chi connectivity index (χ1n) is 5.60. The van der Waals surface area contributed by atoms with E-state index in [1.54, 1.807) is 4.68 Å². The molecule has 3 heterocycles. The minimum absolute atomic E-state index is 0. The minimum Gasteiger partial charge on any atom is -0.341 e. The molecule has 17 heavy (non-hydrogen) atoms. The highest BCUT2D eigenvalue weighted by atomic mass is 35.5. The normalized spacial score (nSPS) is 19.2. The predicted molar refractivity (Wildman–Crippen MR) is 68.0 cm³/mol. The van der Waals surface area contributed by atoms with Gasteiger partial charge >= 0.3 is 0 Å². The maximum atomic E-state index is 4.43. The van der Waals surface area contributed by atoms with Crippen molar-refractivity contribution in [1.29, 1.82) is 0 Å². The summed E-state index contributed by atoms with van der Waals surface area (Å²) in [5.41, 5.74) is 2.12. The number of aromatic nitrogens is 4. The second kappa shape index (κ2) is 4.89. The van der Waals surface area contributed by atoms with Gasteiger partial charge in [-0.15, -0.1) is 12.4 Å². The van der Waals surface area contributed by atoms with Crippen molar-refractivity contribution in [1.82, 2.24) is 25.1 Å². The number of halogens is 1. The summed E-state index contributed by atoms with van der Waals surface area (Å²) in [5.74, 6) is 1.04. The van der Waals surface area contributed by atoms with E-state index in [2.05, 4.69) is 20.4 Å². The Kier molecular flexibility index (Phi) is 3.49. The Balaban J connectivity index is 0.00000108. The van der Waals surface area contributed by atoms with Crippen LogP contribution in [0.1, 0.15) is 24.7 Å². The first-order valence-corrected chi connectivity index (χ1v) is 5.60. The van der Waals surface area contributed by atoms with Crippen molar-refractivity contribution < 1.29 is 0 Å². The summed E-state index contributed by atoms with van der Waals surface area (Å²) < 4.78 is 1.80. The molecule has 1 aliphatic heterocycles. The van der Waals surface area contributed by atoms with Crippen LogP contribution in [-0.2, 0) is 7.05 Å². The maximum Gasteiger partial charge on any atom is 0.123 e. The van der Waals surface area contributed by atoms with Gasteiger partial charge in [0, 0.05) is 18.8 Å². The number of rotatable bonds is 2. The van der Waals surface area contributed by atoms with E-state index in [0.717, 1.165) is 23.6 Å². The third-order valence-corrected chi connectivity index (χ3v) is 3.00. The van der Waals surface area contributed by atoms with E-state index in [-0.39, 0.29) is 12.4 Å². The molecule has 92 valence electrons. The van der Waals surface area contributed by atoms with Gasteiger partial charge in [0.1, 0.15) is 5.82 Å². The maximum absolute atomic E-state index is 4.43. The van der Waals surface area contributed by atoms with Crippen molar-refractivity contribution in [2.45, 2.75) is 18.9 Å². The number of nitrogens with one attached hydrogen (secondary N) is 2. The molecule has 1 saturated heterocycles. The predicted octanol–water partition coefficient (Wildman–Crippen LogP) is 1.66. The van der Waals surface area contributed by atoms with Gasteiger partial charge in [-0.2, -0.15) is 5.10 Å². The molecule has 0 aliphatic carbocycles. The van der Waals surface area contributed by atoms with E-state index in [1.165, 1.54) is 12.8 Å². The summed E-state index contributed by atoms with van der Waals surface area (Å²) in [7, 11) is 1.92. The molecular weight excluding hydrogens is 238 g/mol. The van der Waals surface area contributed by atoms with Gasteiger partial charge in [-0.05, 0) is 19.4 Å². The van der Waals surface area contributed by atoms with Crippen molar-refractivity contribution in [2.75, 3.05) is 6.54 Å². The lowest BCUT2D eigenvalue weighted by Crippen LogP contribution is -2.14. The van der Waals surface area contributed by atoms with E-state index < -0.39 is 0 Å². The average Bonchev–Trinajstić information content (AvgIpc) is 2.97. The van der Waals surface area contributed by atoms with Crippen LogP contribution in [0.15, 0.2) is 18.6 Å². The summed E-state index contributed by atoms with van der Waals surface area (Å²) in [6.07, 6.45) is 8.11. The third-order valence-electron chi connectivity index (χ3n) is 3.00. The zero-order valence-corrected chi connectivity index (χ0v) is 10.5. The highest BCUT2D eigenvalue weighted by Gasteiger charge is 2.19. The van der Waals surface area contributed by atoms with E-state index in [4.69, 9.17) is 0 Å². The zero-order chi connectivity index (χ0) is 11.0. The zero-order valence-electron chi connectivity index (χ0n) is 9.68. The molecule has 0 unspecified atom stereocenters. The number of aryl methyl sites for hydroxylation is 1. The molecule has 2 N–H and O–H groups in total. The number of imidazole rings is 1. The Hall–Kier alpha value is -1.33. The quantitative estimate of drug-likeness (QED) is 0.856. The van der Waals surface area contributed by atoms with Crippen molar-refractivity contribution in [3.8, 4) is 11.3 Å². The van der Waals surface area contributed by atoms with Crippen LogP contribution in [0.2, 0.25) is 0 Å². The number of H-pyrrole nitrogens is 1. The topological polar surface area (TPSA) is 58.5 Å². The largest absolute Gasteiger partial charge is 0.341 e. The molecule has 6 heteroatoms. The van der Waals surface area contributed by atoms with Gasteiger partial charge in [-0.1, -0.05) is 0 Å². The summed E-state index contributed by atoms with van der Waals surface area (Å²) in [5, 5.41) is 7.58. The monoisotopic (exact) mass is 253 g/mol. The van der Waals surface area contributed by atoms with Crippen molar-refractivity contribution in [3.63, 3.8) is 0 Å². The SMILES string of the molecule is Cl.Cn1cc(-c2cnc([C@@H]3CCCN3)[nH]2)cn1. The van der Waals surface area contributed by atoms with Crippen molar-refractivity contribution in [3.05, 3.63) is 24.4 Å². The molecule has 0 spiro atoms. The van der Waals surface area contributed by atoms with Gasteiger partial charge in [0.2, 0.25) is 0 Å². The molecule has 0 bridgehead atoms. The molecule has 5 nitrogen and oxygen atoms in total. The summed E-state index contributed by atoms with van der Waals surface area (Å²) in [4.78, 5) is 7.79. The Bertz CT molecular complexity index is 484. The molecule has 1 fully saturated rings. The van der Waals surface area contributed by atoms with Crippen LogP contribution in [0, 0.1) is 0 Å². The molecule has 0 radical (unpaired) electrons. The first-order chi connectivity index (χ1) is 7.83. The van der Waals surface area contributed by atoms with Crippen LogP contribution in [0.25, 0.3) is 11.3 Å². The smallest absolute Gasteiger partial charge is 0.123 e. The lowest BCUT2D eigenvalue weighted by Gasteiger charge is -2.04. The van der Waals surface area contributed by atoms with Gasteiger partial charge < -0.3 is 10.3 Å². The Morgan fingerprint density at radius 2 is 2.29 bits per heavy atom. The number of hydrogen-bond acceptors (Lipinski definition) is 3. The van der Waals surface area contributed by atoms with Crippen LogP contribution in [0.3, 0.4) is 0 Å².